The first-order valence-electron chi connectivity index (χ1n) is 8.09. The van der Waals surface area contributed by atoms with Crippen LogP contribution in [0.4, 0.5) is 5.82 Å². The molecule has 2 heterocycles. The summed E-state index contributed by atoms with van der Waals surface area (Å²) < 4.78 is 1.12. The molecule has 4 rings (SSSR count). The summed E-state index contributed by atoms with van der Waals surface area (Å²) in [5.74, 6) is 0.0423. The fraction of sp³-hybridized carbons (Fsp3) is 0.0500. The Morgan fingerprint density at radius 2 is 1.81 bits per heavy atom. The number of hydrogen-bond donors (Lipinski definition) is 2. The first-order valence-corrected chi connectivity index (χ1v) is 8.91. The summed E-state index contributed by atoms with van der Waals surface area (Å²) in [5.41, 5.74) is 15.8. The number of benzene rings is 2. The SMILES string of the molecule is NC(=O)c1ccc(Cc2cnc(N)c(-c3nc4ccccc4s3)c2)cc1. The van der Waals surface area contributed by atoms with Crippen LogP contribution in [0, 0.1) is 0 Å². The van der Waals surface area contributed by atoms with Crippen molar-refractivity contribution in [2.45, 2.75) is 6.42 Å². The molecule has 0 saturated carbocycles. The van der Waals surface area contributed by atoms with Crippen LogP contribution < -0.4 is 11.5 Å². The number of pyridine rings is 1. The van der Waals surface area contributed by atoms with Crippen LogP contribution in [0.5, 0.6) is 0 Å². The Morgan fingerprint density at radius 3 is 2.54 bits per heavy atom. The van der Waals surface area contributed by atoms with Gasteiger partial charge in [0, 0.05) is 11.8 Å². The molecule has 0 fully saturated rings. The number of nitrogens with zero attached hydrogens (tertiary/aromatic N) is 2. The van der Waals surface area contributed by atoms with Crippen molar-refractivity contribution in [1.82, 2.24) is 9.97 Å². The smallest absolute Gasteiger partial charge is 0.248 e. The highest BCUT2D eigenvalue weighted by molar-refractivity contribution is 7.21. The third kappa shape index (κ3) is 3.14. The van der Waals surface area contributed by atoms with Gasteiger partial charge in [0.25, 0.3) is 0 Å². The summed E-state index contributed by atoms with van der Waals surface area (Å²) in [6.45, 7) is 0. The zero-order chi connectivity index (χ0) is 18.1. The van der Waals surface area contributed by atoms with E-state index in [0.717, 1.165) is 31.9 Å². The quantitative estimate of drug-likeness (QED) is 0.581. The van der Waals surface area contributed by atoms with E-state index >= 15 is 0 Å². The third-order valence-corrected chi connectivity index (χ3v) is 5.22. The van der Waals surface area contributed by atoms with Crippen molar-refractivity contribution in [3.8, 4) is 10.6 Å². The van der Waals surface area contributed by atoms with E-state index in [1.165, 1.54) is 0 Å². The van der Waals surface area contributed by atoms with Gasteiger partial charge in [-0.1, -0.05) is 24.3 Å². The summed E-state index contributed by atoms with van der Waals surface area (Å²) in [6, 6.07) is 17.3. The van der Waals surface area contributed by atoms with Crippen LogP contribution in [-0.4, -0.2) is 15.9 Å². The van der Waals surface area contributed by atoms with Gasteiger partial charge in [-0.25, -0.2) is 9.97 Å². The van der Waals surface area contributed by atoms with Crippen molar-refractivity contribution in [2.75, 3.05) is 5.73 Å². The Hall–Kier alpha value is -3.25. The number of fused-ring (bicyclic) bond motifs is 1. The molecule has 6 heteroatoms. The van der Waals surface area contributed by atoms with Crippen LogP contribution in [0.2, 0.25) is 0 Å². The first kappa shape index (κ1) is 16.2. The van der Waals surface area contributed by atoms with Gasteiger partial charge < -0.3 is 11.5 Å². The molecular weight excluding hydrogens is 344 g/mol. The lowest BCUT2D eigenvalue weighted by atomic mass is 10.0. The van der Waals surface area contributed by atoms with Crippen molar-refractivity contribution >= 4 is 33.3 Å². The minimum atomic E-state index is -0.427. The van der Waals surface area contributed by atoms with Gasteiger partial charge in [0.1, 0.15) is 10.8 Å². The summed E-state index contributed by atoms with van der Waals surface area (Å²) in [4.78, 5) is 20.2. The number of carbonyl (C=O) groups is 1. The molecule has 4 N–H and O–H groups in total. The zero-order valence-electron chi connectivity index (χ0n) is 13.8. The van der Waals surface area contributed by atoms with E-state index in [2.05, 4.69) is 9.97 Å². The minimum absolute atomic E-state index is 0.427. The van der Waals surface area contributed by atoms with E-state index < -0.39 is 5.91 Å². The number of rotatable bonds is 4. The van der Waals surface area contributed by atoms with Crippen molar-refractivity contribution in [3.05, 3.63) is 77.5 Å². The second-order valence-electron chi connectivity index (χ2n) is 6.00. The lowest BCUT2D eigenvalue weighted by Gasteiger charge is -2.06. The second-order valence-corrected chi connectivity index (χ2v) is 7.03. The van der Waals surface area contributed by atoms with E-state index in [0.29, 0.717) is 17.8 Å². The van der Waals surface area contributed by atoms with E-state index in [-0.39, 0.29) is 0 Å². The molecule has 0 aliphatic rings. The van der Waals surface area contributed by atoms with Crippen molar-refractivity contribution < 1.29 is 4.79 Å². The van der Waals surface area contributed by atoms with E-state index in [4.69, 9.17) is 11.5 Å². The number of para-hydroxylation sites is 1. The Balaban J connectivity index is 1.66. The van der Waals surface area contributed by atoms with Crippen LogP contribution in [-0.2, 0) is 6.42 Å². The molecule has 2 aromatic carbocycles. The summed E-state index contributed by atoms with van der Waals surface area (Å²) >= 11 is 1.60. The lowest BCUT2D eigenvalue weighted by Crippen LogP contribution is -2.10. The average Bonchev–Trinajstić information content (AvgIpc) is 3.07. The standard InChI is InChI=1S/C20H16N4OS/c21-18-15(20-24-16-3-1-2-4-17(16)26-20)10-13(11-23-18)9-12-5-7-14(8-6-12)19(22)25/h1-8,10-11H,9H2,(H2,21,23)(H2,22,25). The summed E-state index contributed by atoms with van der Waals surface area (Å²) in [6.07, 6.45) is 2.46. The zero-order valence-corrected chi connectivity index (χ0v) is 14.7. The number of amides is 1. The van der Waals surface area contributed by atoms with Crippen molar-refractivity contribution in [1.29, 1.82) is 0 Å². The molecule has 0 aliphatic carbocycles. The monoisotopic (exact) mass is 360 g/mol. The molecular formula is C20H16N4OS. The number of nitrogens with two attached hydrogens (primary N) is 2. The number of aromatic nitrogens is 2. The van der Waals surface area contributed by atoms with E-state index in [9.17, 15) is 4.79 Å². The van der Waals surface area contributed by atoms with Crippen LogP contribution in [0.25, 0.3) is 20.8 Å². The molecule has 5 nitrogen and oxygen atoms in total. The highest BCUT2D eigenvalue weighted by Crippen LogP contribution is 2.33. The Morgan fingerprint density at radius 1 is 1.04 bits per heavy atom. The maximum atomic E-state index is 11.2. The number of hydrogen-bond acceptors (Lipinski definition) is 5. The fourth-order valence-electron chi connectivity index (χ4n) is 2.80. The predicted octanol–water partition coefficient (Wildman–Crippen LogP) is 3.63. The molecule has 0 saturated heterocycles. The van der Waals surface area contributed by atoms with Crippen molar-refractivity contribution in [3.63, 3.8) is 0 Å². The van der Waals surface area contributed by atoms with Gasteiger partial charge in [0.05, 0.1) is 15.8 Å². The first-order chi connectivity index (χ1) is 12.6. The number of primary amides is 1. The van der Waals surface area contributed by atoms with Crippen LogP contribution in [0.1, 0.15) is 21.5 Å². The number of anilines is 1. The molecule has 0 atom stereocenters. The number of thiazole rings is 1. The van der Waals surface area contributed by atoms with Gasteiger partial charge in [-0.05, 0) is 47.9 Å². The predicted molar refractivity (Wildman–Crippen MR) is 105 cm³/mol. The number of nitrogen functional groups attached to an aromatic ring is 1. The highest BCUT2D eigenvalue weighted by atomic mass is 32.1. The van der Waals surface area contributed by atoms with E-state index in [1.54, 1.807) is 29.7 Å². The highest BCUT2D eigenvalue weighted by Gasteiger charge is 2.11. The normalized spacial score (nSPS) is 10.9. The Labute approximate surface area is 154 Å². The second kappa shape index (κ2) is 6.57. The molecule has 0 unspecified atom stereocenters. The maximum Gasteiger partial charge on any atom is 0.248 e. The van der Waals surface area contributed by atoms with Gasteiger partial charge >= 0.3 is 0 Å². The molecule has 0 spiro atoms. The van der Waals surface area contributed by atoms with Gasteiger partial charge in [0.2, 0.25) is 5.91 Å². The lowest BCUT2D eigenvalue weighted by molar-refractivity contribution is 0.100. The molecule has 4 aromatic rings. The van der Waals surface area contributed by atoms with Crippen LogP contribution in [0.15, 0.2) is 60.8 Å². The van der Waals surface area contributed by atoms with Crippen molar-refractivity contribution in [2.24, 2.45) is 5.73 Å². The molecule has 128 valence electrons. The van der Waals surface area contributed by atoms with E-state index in [1.807, 2.05) is 42.5 Å². The van der Waals surface area contributed by atoms with Gasteiger partial charge in [0.15, 0.2) is 0 Å². The molecule has 0 bridgehead atoms. The van der Waals surface area contributed by atoms with Crippen LogP contribution in [0.3, 0.4) is 0 Å². The summed E-state index contributed by atoms with van der Waals surface area (Å²) in [5, 5.41) is 0.863. The van der Waals surface area contributed by atoms with Gasteiger partial charge in [-0.2, -0.15) is 0 Å². The maximum absolute atomic E-state index is 11.2. The van der Waals surface area contributed by atoms with Crippen LogP contribution >= 0.6 is 11.3 Å². The third-order valence-electron chi connectivity index (χ3n) is 4.15. The topological polar surface area (TPSA) is 94.9 Å². The average molecular weight is 360 g/mol. The molecule has 0 radical (unpaired) electrons. The minimum Gasteiger partial charge on any atom is -0.383 e. The molecule has 2 aromatic heterocycles. The molecule has 0 aliphatic heterocycles. The van der Waals surface area contributed by atoms with Gasteiger partial charge in [-0.15, -0.1) is 11.3 Å². The van der Waals surface area contributed by atoms with Gasteiger partial charge in [-0.3, -0.25) is 4.79 Å². The molecule has 1 amide bonds. The Bertz CT molecular complexity index is 1070. The largest absolute Gasteiger partial charge is 0.383 e. The fourth-order valence-corrected chi connectivity index (χ4v) is 3.79. The number of carbonyl (C=O) groups excluding carboxylic acids is 1. The summed E-state index contributed by atoms with van der Waals surface area (Å²) in [7, 11) is 0. The Kier molecular flexibility index (Phi) is 4.10. The molecule has 26 heavy (non-hydrogen) atoms.